The van der Waals surface area contributed by atoms with Gasteiger partial charge in [-0.05, 0) is 13.3 Å². The van der Waals surface area contributed by atoms with Crippen molar-refractivity contribution in [3.05, 3.63) is 12.2 Å². The van der Waals surface area contributed by atoms with E-state index in [4.69, 9.17) is 0 Å². The molecule has 0 aromatic heterocycles. The number of carbonyl (C=O) groups excluding carboxylic acids is 1. The van der Waals surface area contributed by atoms with Gasteiger partial charge in [0.05, 0.1) is 0 Å². The van der Waals surface area contributed by atoms with Crippen LogP contribution in [-0.2, 0) is 4.79 Å². The zero-order valence-corrected chi connectivity index (χ0v) is 8.54. The van der Waals surface area contributed by atoms with Gasteiger partial charge in [0.1, 0.15) is 6.04 Å². The van der Waals surface area contributed by atoms with Crippen molar-refractivity contribution in [3.63, 3.8) is 0 Å². The summed E-state index contributed by atoms with van der Waals surface area (Å²) in [5, 5.41) is 3.27. The SMILES string of the molecule is C/C=C/CNC(=O)C1CCNN1C(F)F. The van der Waals surface area contributed by atoms with Gasteiger partial charge in [-0.1, -0.05) is 12.2 Å². The number of hydrogen-bond acceptors (Lipinski definition) is 3. The minimum Gasteiger partial charge on any atom is -0.351 e. The van der Waals surface area contributed by atoms with E-state index in [0.29, 0.717) is 24.5 Å². The lowest BCUT2D eigenvalue weighted by Crippen LogP contribution is -2.49. The average molecular weight is 219 g/mol. The summed E-state index contributed by atoms with van der Waals surface area (Å²) < 4.78 is 24.8. The van der Waals surface area contributed by atoms with Gasteiger partial charge in [-0.3, -0.25) is 4.79 Å². The summed E-state index contributed by atoms with van der Waals surface area (Å²) in [7, 11) is 0. The van der Waals surface area contributed by atoms with Gasteiger partial charge in [0, 0.05) is 13.1 Å². The molecule has 1 atom stereocenters. The zero-order chi connectivity index (χ0) is 11.3. The van der Waals surface area contributed by atoms with Crippen LogP contribution in [0.4, 0.5) is 8.78 Å². The Kier molecular flexibility index (Phi) is 4.64. The first-order valence-corrected chi connectivity index (χ1v) is 4.85. The van der Waals surface area contributed by atoms with Crippen LogP contribution in [0.25, 0.3) is 0 Å². The molecule has 0 aromatic rings. The van der Waals surface area contributed by atoms with Gasteiger partial charge in [0.15, 0.2) is 0 Å². The standard InChI is InChI=1S/C9H15F2N3O/c1-2-3-5-12-8(15)7-4-6-13-14(7)9(10)11/h2-3,7,9,13H,4-6H2,1H3,(H,12,15)/b3-2+. The Balaban J connectivity index is 2.44. The van der Waals surface area contributed by atoms with E-state index < -0.39 is 12.6 Å². The lowest BCUT2D eigenvalue weighted by Gasteiger charge is -2.21. The molecule has 6 heteroatoms. The van der Waals surface area contributed by atoms with Crippen LogP contribution in [0, 0.1) is 0 Å². The van der Waals surface area contributed by atoms with Crippen molar-refractivity contribution in [1.82, 2.24) is 15.8 Å². The second kappa shape index (κ2) is 5.77. The highest BCUT2D eigenvalue weighted by atomic mass is 19.3. The number of amides is 1. The first kappa shape index (κ1) is 12.1. The molecule has 1 saturated heterocycles. The monoisotopic (exact) mass is 219 g/mol. The first-order valence-electron chi connectivity index (χ1n) is 4.85. The number of hydrazine groups is 1. The molecule has 0 radical (unpaired) electrons. The first-order chi connectivity index (χ1) is 7.16. The number of halogens is 2. The highest BCUT2D eigenvalue weighted by Gasteiger charge is 2.35. The van der Waals surface area contributed by atoms with Crippen LogP contribution in [0.2, 0.25) is 0 Å². The molecule has 1 amide bonds. The van der Waals surface area contributed by atoms with Crippen molar-refractivity contribution >= 4 is 5.91 Å². The Morgan fingerprint density at radius 2 is 2.47 bits per heavy atom. The largest absolute Gasteiger partial charge is 0.351 e. The van der Waals surface area contributed by atoms with Crippen molar-refractivity contribution in [2.24, 2.45) is 0 Å². The number of nitrogens with zero attached hydrogens (tertiary/aromatic N) is 1. The zero-order valence-electron chi connectivity index (χ0n) is 8.54. The molecule has 0 aromatic carbocycles. The second-order valence-corrected chi connectivity index (χ2v) is 3.21. The Labute approximate surface area is 87.3 Å². The predicted molar refractivity (Wildman–Crippen MR) is 52.1 cm³/mol. The molecule has 1 fully saturated rings. The molecular weight excluding hydrogens is 204 g/mol. The van der Waals surface area contributed by atoms with Crippen LogP contribution in [0.5, 0.6) is 0 Å². The van der Waals surface area contributed by atoms with E-state index in [0.717, 1.165) is 0 Å². The van der Waals surface area contributed by atoms with Crippen LogP contribution in [0.3, 0.4) is 0 Å². The normalized spacial score (nSPS) is 22.8. The minimum absolute atomic E-state index is 0.363. The van der Waals surface area contributed by atoms with Crippen LogP contribution < -0.4 is 10.7 Å². The van der Waals surface area contributed by atoms with E-state index in [1.54, 1.807) is 12.2 Å². The lowest BCUT2D eigenvalue weighted by molar-refractivity contribution is -0.134. The summed E-state index contributed by atoms with van der Waals surface area (Å²) in [6, 6.07) is -0.768. The van der Waals surface area contributed by atoms with E-state index in [1.165, 1.54) is 0 Å². The van der Waals surface area contributed by atoms with Gasteiger partial charge in [0.25, 0.3) is 0 Å². The summed E-state index contributed by atoms with van der Waals surface area (Å²) in [6.45, 7) is -0.0334. The third-order valence-corrected chi connectivity index (χ3v) is 2.19. The predicted octanol–water partition coefficient (Wildman–Crippen LogP) is 0.480. The molecule has 4 nitrogen and oxygen atoms in total. The smallest absolute Gasteiger partial charge is 0.307 e. The Morgan fingerprint density at radius 1 is 1.73 bits per heavy atom. The highest BCUT2D eigenvalue weighted by Crippen LogP contribution is 2.14. The van der Waals surface area contributed by atoms with Crippen LogP contribution >= 0.6 is 0 Å². The Morgan fingerprint density at radius 3 is 3.07 bits per heavy atom. The molecule has 15 heavy (non-hydrogen) atoms. The van der Waals surface area contributed by atoms with Gasteiger partial charge in [-0.25, -0.2) is 5.43 Å². The molecule has 0 saturated carbocycles. The molecule has 1 unspecified atom stereocenters. The van der Waals surface area contributed by atoms with E-state index in [-0.39, 0.29) is 5.91 Å². The number of hydrogen-bond donors (Lipinski definition) is 2. The molecule has 86 valence electrons. The molecule has 0 aliphatic carbocycles. The van der Waals surface area contributed by atoms with Crippen molar-refractivity contribution in [2.75, 3.05) is 13.1 Å². The third-order valence-electron chi connectivity index (χ3n) is 2.19. The molecule has 1 aliphatic heterocycles. The van der Waals surface area contributed by atoms with Crippen LogP contribution in [0.15, 0.2) is 12.2 Å². The minimum atomic E-state index is -2.65. The number of nitrogens with one attached hydrogen (secondary N) is 2. The van der Waals surface area contributed by atoms with Crippen molar-refractivity contribution in [2.45, 2.75) is 25.9 Å². The van der Waals surface area contributed by atoms with E-state index in [1.807, 2.05) is 6.92 Å². The van der Waals surface area contributed by atoms with Gasteiger partial charge < -0.3 is 5.32 Å². The van der Waals surface area contributed by atoms with Crippen molar-refractivity contribution < 1.29 is 13.6 Å². The maximum Gasteiger partial charge on any atom is 0.307 e. The molecule has 0 spiro atoms. The fourth-order valence-electron chi connectivity index (χ4n) is 1.44. The fourth-order valence-corrected chi connectivity index (χ4v) is 1.44. The summed E-state index contributed by atoms with van der Waals surface area (Å²) >= 11 is 0. The average Bonchev–Trinajstić information content (AvgIpc) is 2.66. The molecule has 1 rings (SSSR count). The number of allylic oxidation sites excluding steroid dienone is 1. The molecule has 1 heterocycles. The highest BCUT2D eigenvalue weighted by molar-refractivity contribution is 5.82. The summed E-state index contributed by atoms with van der Waals surface area (Å²) in [5.74, 6) is -0.363. The van der Waals surface area contributed by atoms with E-state index in [9.17, 15) is 13.6 Å². The van der Waals surface area contributed by atoms with Gasteiger partial charge in [-0.15, -0.1) is 0 Å². The van der Waals surface area contributed by atoms with Crippen molar-refractivity contribution in [3.8, 4) is 0 Å². The second-order valence-electron chi connectivity index (χ2n) is 3.21. The fraction of sp³-hybridized carbons (Fsp3) is 0.667. The molecular formula is C9H15F2N3O. The molecule has 1 aliphatic rings. The molecule has 2 N–H and O–H groups in total. The lowest BCUT2D eigenvalue weighted by atomic mass is 10.2. The maximum absolute atomic E-state index is 12.4. The van der Waals surface area contributed by atoms with E-state index >= 15 is 0 Å². The maximum atomic E-state index is 12.4. The van der Waals surface area contributed by atoms with Gasteiger partial charge >= 0.3 is 6.55 Å². The quantitative estimate of drug-likeness (QED) is 0.534. The third kappa shape index (κ3) is 3.24. The van der Waals surface area contributed by atoms with Crippen LogP contribution in [-0.4, -0.2) is 36.6 Å². The number of rotatable bonds is 4. The topological polar surface area (TPSA) is 44.4 Å². The van der Waals surface area contributed by atoms with E-state index in [2.05, 4.69) is 10.7 Å². The summed E-state index contributed by atoms with van der Waals surface area (Å²) in [4.78, 5) is 11.5. The Hall–Kier alpha value is -1.01. The summed E-state index contributed by atoms with van der Waals surface area (Å²) in [6.07, 6.45) is 3.96. The summed E-state index contributed by atoms with van der Waals surface area (Å²) in [5.41, 5.74) is 2.48. The van der Waals surface area contributed by atoms with Crippen molar-refractivity contribution in [1.29, 1.82) is 0 Å². The Bertz CT molecular complexity index is 246. The number of alkyl halides is 2. The number of carbonyl (C=O) groups is 1. The van der Waals surface area contributed by atoms with Crippen LogP contribution in [0.1, 0.15) is 13.3 Å². The van der Waals surface area contributed by atoms with Gasteiger partial charge in [-0.2, -0.15) is 13.8 Å². The molecule has 0 bridgehead atoms. The van der Waals surface area contributed by atoms with Gasteiger partial charge in [0.2, 0.25) is 5.91 Å².